The second-order valence-electron chi connectivity index (χ2n) is 8.50. The maximum absolute atomic E-state index is 14.0. The van der Waals surface area contributed by atoms with Gasteiger partial charge in [-0.15, -0.1) is 0 Å². The number of hydrogen-bond donors (Lipinski definition) is 1. The van der Waals surface area contributed by atoms with Crippen LogP contribution in [0.2, 0.25) is 0 Å². The van der Waals surface area contributed by atoms with Gasteiger partial charge in [-0.05, 0) is 51.1 Å². The number of nitrogens with zero attached hydrogens (tertiary/aromatic N) is 5. The van der Waals surface area contributed by atoms with Crippen molar-refractivity contribution >= 4 is 28.3 Å². The van der Waals surface area contributed by atoms with Gasteiger partial charge < -0.3 is 4.57 Å². The van der Waals surface area contributed by atoms with Crippen LogP contribution in [0.15, 0.2) is 69.5 Å². The molecule has 1 N–H and O–H groups in total. The van der Waals surface area contributed by atoms with Crippen LogP contribution in [0.1, 0.15) is 22.6 Å². The van der Waals surface area contributed by atoms with Crippen molar-refractivity contribution in [1.82, 2.24) is 19.4 Å². The van der Waals surface area contributed by atoms with Crippen molar-refractivity contribution in [3.05, 3.63) is 99.2 Å². The van der Waals surface area contributed by atoms with Gasteiger partial charge in [-0.1, -0.05) is 30.0 Å². The summed E-state index contributed by atoms with van der Waals surface area (Å²) in [7, 11) is 1.87. The van der Waals surface area contributed by atoms with E-state index in [4.69, 9.17) is 0 Å². The highest BCUT2D eigenvalue weighted by atomic mass is 32.2. The lowest BCUT2D eigenvalue weighted by molar-refractivity contribution is 0.585. The topological polar surface area (TPSA) is 68.6 Å². The summed E-state index contributed by atoms with van der Waals surface area (Å²) in [5.41, 5.74) is 8.53. The van der Waals surface area contributed by atoms with Crippen LogP contribution in [0.4, 0.5) is 14.5 Å². The number of amidine groups is 1. The minimum Gasteiger partial charge on any atom is -0.311 e. The van der Waals surface area contributed by atoms with Crippen LogP contribution in [-0.2, 0) is 7.05 Å². The second-order valence-corrected chi connectivity index (χ2v) is 9.47. The lowest BCUT2D eigenvalue weighted by Crippen LogP contribution is -2.25. The minimum atomic E-state index is -0.734. The summed E-state index contributed by atoms with van der Waals surface area (Å²) in [6.07, 6.45) is 0. The fourth-order valence-electron chi connectivity index (χ4n) is 4.40. The molecule has 0 amide bonds. The molecule has 1 aliphatic rings. The minimum absolute atomic E-state index is 0.0393. The van der Waals surface area contributed by atoms with E-state index in [1.165, 1.54) is 17.8 Å². The summed E-state index contributed by atoms with van der Waals surface area (Å²) in [5.74, 6) is -0.885. The van der Waals surface area contributed by atoms with Gasteiger partial charge in [-0.2, -0.15) is 5.10 Å². The largest absolute Gasteiger partial charge is 0.311 e. The maximum Gasteiger partial charge on any atom is 0.295 e. The van der Waals surface area contributed by atoms with Crippen LogP contribution < -0.4 is 11.0 Å². The van der Waals surface area contributed by atoms with Gasteiger partial charge in [0.25, 0.3) is 5.56 Å². The Hall–Kier alpha value is -3.92. The fraction of sp³-hybridized carbons (Fsp3) is 0.192. The summed E-state index contributed by atoms with van der Waals surface area (Å²) in [5, 5.41) is 4.88. The number of aryl methyl sites for hydroxylation is 1. The van der Waals surface area contributed by atoms with Crippen molar-refractivity contribution in [1.29, 1.82) is 0 Å². The zero-order chi connectivity index (χ0) is 25.6. The predicted octanol–water partition coefficient (Wildman–Crippen LogP) is 4.90. The van der Waals surface area contributed by atoms with E-state index in [9.17, 15) is 13.6 Å². The molecule has 10 heteroatoms. The number of thioether (sulfide) groups is 1. The first-order valence-corrected chi connectivity index (χ1v) is 12.3. The second kappa shape index (κ2) is 9.27. The number of halogens is 2. The molecular weight excluding hydrogens is 482 g/mol. The Balaban J connectivity index is 1.50. The molecule has 0 fully saturated rings. The Morgan fingerprint density at radius 3 is 2.44 bits per heavy atom. The van der Waals surface area contributed by atoms with Crippen LogP contribution in [-0.4, -0.2) is 30.6 Å². The highest BCUT2D eigenvalue weighted by Gasteiger charge is 2.24. The third kappa shape index (κ3) is 4.07. The van der Waals surface area contributed by atoms with Gasteiger partial charge in [-0.25, -0.2) is 18.5 Å². The zero-order valence-electron chi connectivity index (χ0n) is 20.2. The van der Waals surface area contributed by atoms with Crippen molar-refractivity contribution in [3.63, 3.8) is 0 Å². The van der Waals surface area contributed by atoms with Crippen LogP contribution in [0.5, 0.6) is 0 Å². The Morgan fingerprint density at radius 1 is 1.03 bits per heavy atom. The van der Waals surface area contributed by atoms with Crippen LogP contribution in [0, 0.1) is 32.4 Å². The van der Waals surface area contributed by atoms with E-state index in [1.807, 2.05) is 73.5 Å². The molecule has 0 radical (unpaired) electrons. The monoisotopic (exact) mass is 506 g/mol. The number of hydrogen-bond acceptors (Lipinski definition) is 4. The zero-order valence-corrected chi connectivity index (χ0v) is 21.0. The SMILES string of the molecule is Cc1cc(C2=NNC(=Nc3ccc(F)cc3F)SC2)c(C)n1-c1c(C)n(C)n(-c2ccccc2)c1=O. The quantitative estimate of drug-likeness (QED) is 0.428. The highest BCUT2D eigenvalue weighted by molar-refractivity contribution is 8.14. The van der Waals surface area contributed by atoms with Gasteiger partial charge in [0, 0.05) is 35.8 Å². The Labute approximate surface area is 210 Å². The molecule has 0 saturated heterocycles. The molecule has 0 saturated carbocycles. The molecule has 1 aliphatic heterocycles. The van der Waals surface area contributed by atoms with Gasteiger partial charge in [0.2, 0.25) is 0 Å². The van der Waals surface area contributed by atoms with Crippen molar-refractivity contribution in [2.24, 2.45) is 17.1 Å². The van der Waals surface area contributed by atoms with Gasteiger partial charge >= 0.3 is 0 Å². The molecule has 184 valence electrons. The summed E-state index contributed by atoms with van der Waals surface area (Å²) >= 11 is 1.37. The molecule has 0 unspecified atom stereocenters. The fourth-order valence-corrected chi connectivity index (χ4v) is 5.17. The first-order valence-electron chi connectivity index (χ1n) is 11.3. The van der Waals surface area contributed by atoms with Crippen molar-refractivity contribution in [2.45, 2.75) is 20.8 Å². The Bertz CT molecular complexity index is 1600. The molecule has 2 aromatic heterocycles. The van der Waals surface area contributed by atoms with E-state index in [-0.39, 0.29) is 11.2 Å². The highest BCUT2D eigenvalue weighted by Crippen LogP contribution is 2.26. The van der Waals surface area contributed by atoms with Gasteiger partial charge in [-0.3, -0.25) is 14.9 Å². The number of nitrogens with one attached hydrogen (secondary N) is 1. The van der Waals surface area contributed by atoms with Crippen LogP contribution in [0.3, 0.4) is 0 Å². The molecule has 0 spiro atoms. The normalized spacial score (nSPS) is 14.7. The van der Waals surface area contributed by atoms with E-state index < -0.39 is 11.6 Å². The lowest BCUT2D eigenvalue weighted by atomic mass is 10.1. The number of aliphatic imine (C=N–C) groups is 1. The average Bonchev–Trinajstić information content (AvgIpc) is 3.27. The number of rotatable bonds is 4. The standard InChI is InChI=1S/C26H24F2N6OS/c1-15-12-20(23-14-36-26(31-30-23)29-22-11-10-18(27)13-21(22)28)16(2)33(15)24-17(3)32(4)34(25(24)35)19-8-6-5-7-9-19/h5-13H,14H2,1-4H3,(H,29,31). The van der Waals surface area contributed by atoms with Crippen molar-refractivity contribution < 1.29 is 8.78 Å². The third-order valence-corrected chi connectivity index (χ3v) is 7.13. The average molecular weight is 507 g/mol. The van der Waals surface area contributed by atoms with Crippen LogP contribution in [0.25, 0.3) is 11.4 Å². The van der Waals surface area contributed by atoms with Crippen molar-refractivity contribution in [3.8, 4) is 11.4 Å². The molecule has 36 heavy (non-hydrogen) atoms. The van der Waals surface area contributed by atoms with Gasteiger partial charge in [0.05, 0.1) is 17.1 Å². The van der Waals surface area contributed by atoms with Gasteiger partial charge in [0.15, 0.2) is 11.0 Å². The first kappa shape index (κ1) is 23.8. The molecule has 4 aromatic rings. The first-order chi connectivity index (χ1) is 17.3. The van der Waals surface area contributed by atoms with E-state index in [1.54, 1.807) is 4.68 Å². The summed E-state index contributed by atoms with van der Waals surface area (Å²) in [6, 6.07) is 14.8. The molecule has 3 heterocycles. The summed E-state index contributed by atoms with van der Waals surface area (Å²) in [4.78, 5) is 17.8. The Kier molecular flexibility index (Phi) is 6.13. The smallest absolute Gasteiger partial charge is 0.295 e. The van der Waals surface area contributed by atoms with Crippen molar-refractivity contribution in [2.75, 3.05) is 5.75 Å². The van der Waals surface area contributed by atoms with Crippen LogP contribution >= 0.6 is 11.8 Å². The number of para-hydroxylation sites is 1. The lowest BCUT2D eigenvalue weighted by Gasteiger charge is -2.15. The number of aromatic nitrogens is 3. The molecule has 0 bridgehead atoms. The predicted molar refractivity (Wildman–Crippen MR) is 140 cm³/mol. The van der Waals surface area contributed by atoms with E-state index in [0.29, 0.717) is 16.6 Å². The third-order valence-electron chi connectivity index (χ3n) is 6.25. The number of benzene rings is 2. The van der Waals surface area contributed by atoms with E-state index in [0.717, 1.165) is 46.2 Å². The van der Waals surface area contributed by atoms with Gasteiger partial charge in [0.1, 0.15) is 17.2 Å². The van der Waals surface area contributed by atoms with E-state index >= 15 is 0 Å². The Morgan fingerprint density at radius 2 is 1.78 bits per heavy atom. The maximum atomic E-state index is 14.0. The molecule has 2 aromatic carbocycles. The van der Waals surface area contributed by atoms with E-state index in [2.05, 4.69) is 15.5 Å². The molecule has 7 nitrogen and oxygen atoms in total. The molecule has 0 aliphatic carbocycles. The summed E-state index contributed by atoms with van der Waals surface area (Å²) in [6.45, 7) is 5.86. The molecular formula is C26H24F2N6OS. The summed E-state index contributed by atoms with van der Waals surface area (Å²) < 4.78 is 32.6. The number of hydrazone groups is 1. The molecule has 5 rings (SSSR count). The molecule has 0 atom stereocenters.